The molecule has 1 aromatic heterocycles. The minimum Gasteiger partial charge on any atom is -0.411 e. The van der Waals surface area contributed by atoms with Crippen LogP contribution in [-0.4, -0.2) is 20.5 Å². The van der Waals surface area contributed by atoms with Gasteiger partial charge in [0.05, 0.1) is 12.0 Å². The zero-order chi connectivity index (χ0) is 10.9. The van der Waals surface area contributed by atoms with E-state index in [0.29, 0.717) is 6.04 Å². The van der Waals surface area contributed by atoms with Crippen LogP contribution in [0.1, 0.15) is 39.2 Å². The first kappa shape index (κ1) is 10.2. The Hall–Kier alpha value is -1.32. The van der Waals surface area contributed by atoms with E-state index < -0.39 is 0 Å². The van der Waals surface area contributed by atoms with E-state index in [9.17, 15) is 0 Å². The van der Waals surface area contributed by atoms with E-state index in [-0.39, 0.29) is 5.41 Å². The topological polar surface area (TPSA) is 50.4 Å². The lowest BCUT2D eigenvalue weighted by Crippen LogP contribution is -2.38. The van der Waals surface area contributed by atoms with Gasteiger partial charge in [-0.2, -0.15) is 0 Å². The van der Waals surface area contributed by atoms with Crippen molar-refractivity contribution in [2.75, 3.05) is 0 Å². The Morgan fingerprint density at radius 3 is 3.00 bits per heavy atom. The van der Waals surface area contributed by atoms with Gasteiger partial charge in [-0.15, -0.1) is 0 Å². The van der Waals surface area contributed by atoms with Crippen molar-refractivity contribution in [3.05, 3.63) is 18.7 Å². The first-order chi connectivity index (χ1) is 7.16. The van der Waals surface area contributed by atoms with Crippen molar-refractivity contribution in [3.63, 3.8) is 0 Å². The third kappa shape index (κ3) is 1.64. The fraction of sp³-hybridized carbons (Fsp3) is 0.636. The number of oxime groups is 1. The molecule has 0 aliphatic heterocycles. The fourth-order valence-electron chi connectivity index (χ4n) is 2.49. The van der Waals surface area contributed by atoms with Crippen molar-refractivity contribution < 1.29 is 5.21 Å². The number of hydrogen-bond acceptors (Lipinski definition) is 3. The summed E-state index contributed by atoms with van der Waals surface area (Å²) in [6, 6.07) is 0.347. The molecule has 82 valence electrons. The predicted octanol–water partition coefficient (Wildman–Crippen LogP) is 2.46. The van der Waals surface area contributed by atoms with Crippen LogP contribution >= 0.6 is 0 Å². The lowest BCUT2D eigenvalue weighted by Gasteiger charge is -2.39. The monoisotopic (exact) mass is 207 g/mol. The summed E-state index contributed by atoms with van der Waals surface area (Å²) in [5, 5.41) is 12.4. The minimum absolute atomic E-state index is 0.0896. The average molecular weight is 207 g/mol. The van der Waals surface area contributed by atoms with E-state index in [4.69, 9.17) is 5.21 Å². The summed E-state index contributed by atoms with van der Waals surface area (Å²) in [5.74, 6) is 0. The summed E-state index contributed by atoms with van der Waals surface area (Å²) in [6.45, 7) is 4.26. The lowest BCUT2D eigenvalue weighted by atomic mass is 9.71. The highest BCUT2D eigenvalue weighted by Crippen LogP contribution is 2.41. The smallest absolute Gasteiger partial charge is 0.0948 e. The summed E-state index contributed by atoms with van der Waals surface area (Å²) in [7, 11) is 0. The molecule has 4 nitrogen and oxygen atoms in total. The second-order valence-electron chi connectivity index (χ2n) is 4.69. The molecule has 0 saturated heterocycles. The van der Waals surface area contributed by atoms with Gasteiger partial charge in [0.15, 0.2) is 0 Å². The highest BCUT2D eigenvalue weighted by Gasteiger charge is 2.38. The van der Waals surface area contributed by atoms with E-state index in [0.717, 1.165) is 25.0 Å². The SMILES string of the molecule is CC1(C)C(=NO)CCCC1n1ccnc1. The van der Waals surface area contributed by atoms with Crippen LogP contribution in [0.25, 0.3) is 0 Å². The van der Waals surface area contributed by atoms with Crippen molar-refractivity contribution in [1.82, 2.24) is 9.55 Å². The molecule has 1 N–H and O–H groups in total. The van der Waals surface area contributed by atoms with Crippen LogP contribution in [0.4, 0.5) is 0 Å². The molecule has 1 aliphatic rings. The average Bonchev–Trinajstić information content (AvgIpc) is 2.69. The first-order valence-corrected chi connectivity index (χ1v) is 5.35. The number of imidazole rings is 1. The largest absolute Gasteiger partial charge is 0.411 e. The van der Waals surface area contributed by atoms with E-state index >= 15 is 0 Å². The van der Waals surface area contributed by atoms with Gasteiger partial charge in [0.1, 0.15) is 0 Å². The molecule has 15 heavy (non-hydrogen) atoms. The van der Waals surface area contributed by atoms with E-state index in [2.05, 4.69) is 28.6 Å². The van der Waals surface area contributed by atoms with Gasteiger partial charge in [-0.1, -0.05) is 19.0 Å². The van der Waals surface area contributed by atoms with Gasteiger partial charge in [-0.3, -0.25) is 0 Å². The zero-order valence-electron chi connectivity index (χ0n) is 9.22. The summed E-state index contributed by atoms with van der Waals surface area (Å²) in [6.07, 6.45) is 8.70. The lowest BCUT2D eigenvalue weighted by molar-refractivity contribution is 0.238. The summed E-state index contributed by atoms with van der Waals surface area (Å²) < 4.78 is 2.12. The maximum atomic E-state index is 9.01. The Balaban J connectivity index is 2.33. The molecule has 1 unspecified atom stereocenters. The molecule has 1 aromatic rings. The van der Waals surface area contributed by atoms with Crippen LogP contribution < -0.4 is 0 Å². The Bertz CT molecular complexity index is 354. The summed E-state index contributed by atoms with van der Waals surface area (Å²) in [5.41, 5.74) is 0.806. The number of rotatable bonds is 1. The van der Waals surface area contributed by atoms with Crippen molar-refractivity contribution >= 4 is 5.71 Å². The molecule has 4 heteroatoms. The van der Waals surface area contributed by atoms with Gasteiger partial charge in [-0.05, 0) is 19.3 Å². The molecule has 2 rings (SSSR count). The second-order valence-corrected chi connectivity index (χ2v) is 4.69. The third-order valence-electron chi connectivity index (χ3n) is 3.47. The zero-order valence-corrected chi connectivity index (χ0v) is 9.22. The van der Waals surface area contributed by atoms with Gasteiger partial charge in [0, 0.05) is 23.9 Å². The number of nitrogens with zero attached hydrogens (tertiary/aromatic N) is 3. The Kier molecular flexibility index (Phi) is 2.50. The van der Waals surface area contributed by atoms with Gasteiger partial charge in [0.25, 0.3) is 0 Å². The molecular formula is C11H17N3O. The van der Waals surface area contributed by atoms with Crippen LogP contribution in [0.2, 0.25) is 0 Å². The highest BCUT2D eigenvalue weighted by atomic mass is 16.4. The quantitative estimate of drug-likeness (QED) is 0.568. The molecular weight excluding hydrogens is 190 g/mol. The molecule has 1 fully saturated rings. The van der Waals surface area contributed by atoms with Crippen LogP contribution in [0.5, 0.6) is 0 Å². The minimum atomic E-state index is -0.0896. The summed E-state index contributed by atoms with van der Waals surface area (Å²) >= 11 is 0. The predicted molar refractivity (Wildman–Crippen MR) is 58.1 cm³/mol. The summed E-state index contributed by atoms with van der Waals surface area (Å²) in [4.78, 5) is 4.07. The molecule has 0 radical (unpaired) electrons. The van der Waals surface area contributed by atoms with Crippen LogP contribution in [-0.2, 0) is 0 Å². The van der Waals surface area contributed by atoms with Crippen LogP contribution in [0, 0.1) is 5.41 Å². The normalized spacial score (nSPS) is 28.1. The Morgan fingerprint density at radius 1 is 1.60 bits per heavy atom. The van der Waals surface area contributed by atoms with Gasteiger partial charge in [-0.25, -0.2) is 4.98 Å². The molecule has 1 aliphatic carbocycles. The molecule has 0 spiro atoms. The van der Waals surface area contributed by atoms with Crippen LogP contribution in [0.3, 0.4) is 0 Å². The van der Waals surface area contributed by atoms with Crippen molar-refractivity contribution in [1.29, 1.82) is 0 Å². The van der Waals surface area contributed by atoms with E-state index in [1.807, 2.05) is 12.5 Å². The standard InChI is InChI=1S/C11H17N3O/c1-11(2)9(13-15)4-3-5-10(11)14-7-6-12-8-14/h6-8,10,15H,3-5H2,1-2H3. The van der Waals surface area contributed by atoms with Gasteiger partial charge < -0.3 is 9.77 Å². The van der Waals surface area contributed by atoms with Crippen molar-refractivity contribution in [2.45, 2.75) is 39.2 Å². The maximum Gasteiger partial charge on any atom is 0.0948 e. The van der Waals surface area contributed by atoms with Gasteiger partial charge in [0.2, 0.25) is 0 Å². The highest BCUT2D eigenvalue weighted by molar-refractivity contribution is 5.90. The molecule has 1 atom stereocenters. The Labute approximate surface area is 89.6 Å². The molecule has 0 aromatic carbocycles. The molecule has 0 amide bonds. The number of hydrogen-bond donors (Lipinski definition) is 1. The van der Waals surface area contributed by atoms with E-state index in [1.165, 1.54) is 0 Å². The first-order valence-electron chi connectivity index (χ1n) is 5.35. The van der Waals surface area contributed by atoms with Crippen molar-refractivity contribution in [2.24, 2.45) is 10.6 Å². The molecule has 1 saturated carbocycles. The van der Waals surface area contributed by atoms with Crippen LogP contribution in [0.15, 0.2) is 23.9 Å². The third-order valence-corrected chi connectivity index (χ3v) is 3.47. The number of aromatic nitrogens is 2. The molecule has 1 heterocycles. The second kappa shape index (κ2) is 3.68. The fourth-order valence-corrected chi connectivity index (χ4v) is 2.49. The van der Waals surface area contributed by atoms with Crippen molar-refractivity contribution in [3.8, 4) is 0 Å². The molecule has 0 bridgehead atoms. The van der Waals surface area contributed by atoms with E-state index in [1.54, 1.807) is 6.20 Å². The maximum absolute atomic E-state index is 9.01. The van der Waals surface area contributed by atoms with Gasteiger partial charge >= 0.3 is 0 Å². The Morgan fingerprint density at radius 2 is 2.40 bits per heavy atom.